The third-order valence-electron chi connectivity index (χ3n) is 4.91. The molecule has 1 aromatic heterocycles. The molecular weight excluding hydrogens is 392 g/mol. The first kappa shape index (κ1) is 21.7. The summed E-state index contributed by atoms with van der Waals surface area (Å²) in [6.07, 6.45) is 0.760. The predicted octanol–water partition coefficient (Wildman–Crippen LogP) is 2.70. The van der Waals surface area contributed by atoms with Crippen molar-refractivity contribution in [3.05, 3.63) is 29.5 Å². The molecule has 1 aromatic carbocycles. The number of fused-ring (bicyclic) bond motifs is 1. The molecule has 2 aromatic rings. The van der Waals surface area contributed by atoms with Crippen molar-refractivity contribution in [3.63, 3.8) is 0 Å². The molecule has 27 heavy (non-hydrogen) atoms. The van der Waals surface area contributed by atoms with E-state index in [0.717, 1.165) is 6.42 Å². The van der Waals surface area contributed by atoms with Crippen LogP contribution < -0.4 is 5.73 Å². The third-order valence-corrected chi connectivity index (χ3v) is 6.89. The molecule has 1 aliphatic heterocycles. The first-order valence-electron chi connectivity index (χ1n) is 8.71. The van der Waals surface area contributed by atoms with Crippen molar-refractivity contribution in [2.75, 3.05) is 19.7 Å². The number of aryl methyl sites for hydroxylation is 1. The Morgan fingerprint density at radius 2 is 2.11 bits per heavy atom. The van der Waals surface area contributed by atoms with Crippen molar-refractivity contribution in [2.45, 2.75) is 38.1 Å². The van der Waals surface area contributed by atoms with Gasteiger partial charge in [0.05, 0.1) is 11.5 Å². The van der Waals surface area contributed by atoms with Gasteiger partial charge in [0.1, 0.15) is 5.58 Å². The summed E-state index contributed by atoms with van der Waals surface area (Å²) in [5, 5.41) is 0.594. The van der Waals surface area contributed by atoms with Gasteiger partial charge < -0.3 is 14.9 Å². The average molecular weight is 417 g/mol. The maximum atomic E-state index is 13.1. The molecular formula is C18H25ClN2O5S. The second-order valence-electron chi connectivity index (χ2n) is 6.70. The highest BCUT2D eigenvalue weighted by Crippen LogP contribution is 2.32. The van der Waals surface area contributed by atoms with E-state index in [1.165, 1.54) is 10.4 Å². The maximum absolute atomic E-state index is 13.1. The van der Waals surface area contributed by atoms with Crippen LogP contribution in [0.5, 0.6) is 0 Å². The number of carbonyl (C=O) groups is 1. The van der Waals surface area contributed by atoms with E-state index in [4.69, 9.17) is 14.9 Å². The molecule has 2 atom stereocenters. The largest absolute Gasteiger partial charge is 0.460 e. The van der Waals surface area contributed by atoms with Gasteiger partial charge in [0.15, 0.2) is 0 Å². The molecule has 1 aliphatic rings. The number of nitrogens with zero attached hydrogens (tertiary/aromatic N) is 1. The first-order valence-corrected chi connectivity index (χ1v) is 10.2. The summed E-state index contributed by atoms with van der Waals surface area (Å²) in [5.41, 5.74) is 6.74. The number of furan rings is 1. The number of halogens is 1. The van der Waals surface area contributed by atoms with Crippen LogP contribution in [-0.2, 0) is 14.8 Å². The Kier molecular flexibility index (Phi) is 6.57. The molecule has 0 bridgehead atoms. The molecule has 9 heteroatoms. The molecule has 0 amide bonds. The Morgan fingerprint density at radius 3 is 2.70 bits per heavy atom. The van der Waals surface area contributed by atoms with Gasteiger partial charge >= 0.3 is 5.97 Å². The molecule has 0 saturated carbocycles. The van der Waals surface area contributed by atoms with Crippen LogP contribution in [0.3, 0.4) is 0 Å². The zero-order chi connectivity index (χ0) is 19.1. The monoisotopic (exact) mass is 416 g/mol. The van der Waals surface area contributed by atoms with Gasteiger partial charge in [0, 0.05) is 23.5 Å². The highest BCUT2D eigenvalue weighted by molar-refractivity contribution is 7.89. The number of hydrogen-bond donors (Lipinski definition) is 1. The van der Waals surface area contributed by atoms with Gasteiger partial charge in [-0.15, -0.1) is 12.4 Å². The number of hydrogen-bond acceptors (Lipinski definition) is 6. The van der Waals surface area contributed by atoms with Crippen LogP contribution in [0.2, 0.25) is 0 Å². The van der Waals surface area contributed by atoms with Gasteiger partial charge in [-0.05, 0) is 57.9 Å². The third kappa shape index (κ3) is 3.85. The SMILES string of the molecule is CCOC(=O)c1oc2ccc(S(=O)(=O)N3CC(CN)CC3C)cc2c1C.Cl. The van der Waals surface area contributed by atoms with Crippen molar-refractivity contribution in [1.29, 1.82) is 0 Å². The number of sulfonamides is 1. The smallest absolute Gasteiger partial charge is 0.374 e. The molecule has 2 heterocycles. The van der Waals surface area contributed by atoms with Crippen LogP contribution in [0, 0.1) is 12.8 Å². The molecule has 150 valence electrons. The highest BCUT2D eigenvalue weighted by Gasteiger charge is 2.37. The Morgan fingerprint density at radius 1 is 1.41 bits per heavy atom. The number of carbonyl (C=O) groups excluding carboxylic acids is 1. The zero-order valence-corrected chi connectivity index (χ0v) is 17.2. The van der Waals surface area contributed by atoms with E-state index in [9.17, 15) is 13.2 Å². The number of benzene rings is 1. The molecule has 2 unspecified atom stereocenters. The van der Waals surface area contributed by atoms with E-state index in [1.807, 2.05) is 6.92 Å². The minimum Gasteiger partial charge on any atom is -0.460 e. The summed E-state index contributed by atoms with van der Waals surface area (Å²) in [4.78, 5) is 12.2. The molecule has 3 rings (SSSR count). The summed E-state index contributed by atoms with van der Waals surface area (Å²) in [7, 11) is -3.64. The normalized spacial score (nSPS) is 20.6. The molecule has 2 N–H and O–H groups in total. The minimum absolute atomic E-state index is 0. The second kappa shape index (κ2) is 8.18. The van der Waals surface area contributed by atoms with Gasteiger partial charge in [-0.25, -0.2) is 13.2 Å². The maximum Gasteiger partial charge on any atom is 0.374 e. The Hall–Kier alpha value is -1.61. The molecule has 1 fully saturated rings. The lowest BCUT2D eigenvalue weighted by atomic mass is 10.1. The fraction of sp³-hybridized carbons (Fsp3) is 0.500. The topological polar surface area (TPSA) is 103 Å². The summed E-state index contributed by atoms with van der Waals surface area (Å²) < 4.78 is 38.2. The summed E-state index contributed by atoms with van der Waals surface area (Å²) in [6, 6.07) is 4.57. The van der Waals surface area contributed by atoms with Crippen LogP contribution in [0.4, 0.5) is 0 Å². The van der Waals surface area contributed by atoms with E-state index in [2.05, 4.69) is 0 Å². The first-order chi connectivity index (χ1) is 12.3. The summed E-state index contributed by atoms with van der Waals surface area (Å²) in [6.45, 7) is 6.47. The Balaban J connectivity index is 0.00000261. The molecule has 0 radical (unpaired) electrons. The minimum atomic E-state index is -3.64. The zero-order valence-electron chi connectivity index (χ0n) is 15.6. The number of rotatable bonds is 5. The average Bonchev–Trinajstić information content (AvgIpc) is 3.15. The van der Waals surface area contributed by atoms with Gasteiger partial charge in [-0.1, -0.05) is 0 Å². The summed E-state index contributed by atoms with van der Waals surface area (Å²) >= 11 is 0. The van der Waals surface area contributed by atoms with Crippen molar-refractivity contribution in [3.8, 4) is 0 Å². The van der Waals surface area contributed by atoms with E-state index in [-0.39, 0.29) is 41.6 Å². The lowest BCUT2D eigenvalue weighted by Gasteiger charge is -2.21. The standard InChI is InChI=1S/C18H24N2O5S.ClH/c1-4-24-18(21)17-12(3)15-8-14(5-6-16(15)25-17)26(22,23)20-10-13(9-19)7-11(20)2;/h5-6,8,11,13H,4,7,9-10,19H2,1-3H3;1H. The van der Waals surface area contributed by atoms with E-state index in [0.29, 0.717) is 29.6 Å². The number of esters is 1. The van der Waals surface area contributed by atoms with Crippen molar-refractivity contribution in [1.82, 2.24) is 4.31 Å². The van der Waals surface area contributed by atoms with E-state index >= 15 is 0 Å². The quantitative estimate of drug-likeness (QED) is 0.751. The fourth-order valence-electron chi connectivity index (χ4n) is 3.50. The van der Waals surface area contributed by atoms with Crippen LogP contribution in [0.25, 0.3) is 11.0 Å². The molecule has 7 nitrogen and oxygen atoms in total. The predicted molar refractivity (Wildman–Crippen MR) is 105 cm³/mol. The van der Waals surface area contributed by atoms with E-state index in [1.54, 1.807) is 26.0 Å². The lowest BCUT2D eigenvalue weighted by Crippen LogP contribution is -2.34. The van der Waals surface area contributed by atoms with Crippen LogP contribution in [0.1, 0.15) is 36.4 Å². The highest BCUT2D eigenvalue weighted by atomic mass is 35.5. The van der Waals surface area contributed by atoms with Crippen LogP contribution >= 0.6 is 12.4 Å². The van der Waals surface area contributed by atoms with Crippen LogP contribution in [0.15, 0.2) is 27.5 Å². The molecule has 0 aliphatic carbocycles. The Bertz CT molecular complexity index is 941. The van der Waals surface area contributed by atoms with Gasteiger partial charge in [-0.2, -0.15) is 4.31 Å². The molecule has 1 saturated heterocycles. The van der Waals surface area contributed by atoms with Gasteiger partial charge in [0.2, 0.25) is 15.8 Å². The number of nitrogens with two attached hydrogens (primary N) is 1. The molecule has 0 spiro atoms. The van der Waals surface area contributed by atoms with Crippen LogP contribution in [-0.4, -0.2) is 44.4 Å². The lowest BCUT2D eigenvalue weighted by molar-refractivity contribution is 0.0491. The van der Waals surface area contributed by atoms with Crippen molar-refractivity contribution < 1.29 is 22.4 Å². The fourth-order valence-corrected chi connectivity index (χ4v) is 5.25. The van der Waals surface area contributed by atoms with Crippen molar-refractivity contribution in [2.24, 2.45) is 11.7 Å². The van der Waals surface area contributed by atoms with E-state index < -0.39 is 16.0 Å². The van der Waals surface area contributed by atoms with Gasteiger partial charge in [0.25, 0.3) is 0 Å². The van der Waals surface area contributed by atoms with Crippen molar-refractivity contribution >= 4 is 39.4 Å². The Labute approximate surface area is 165 Å². The number of ether oxygens (including phenoxy) is 1. The second-order valence-corrected chi connectivity index (χ2v) is 8.59. The summed E-state index contributed by atoms with van der Waals surface area (Å²) in [5.74, 6) is -0.270. The van der Waals surface area contributed by atoms with Gasteiger partial charge in [-0.3, -0.25) is 0 Å².